The van der Waals surface area contributed by atoms with Crippen LogP contribution in [0.4, 0.5) is 16.2 Å². The van der Waals surface area contributed by atoms with E-state index in [0.29, 0.717) is 10.9 Å². The third kappa shape index (κ3) is 3.64. The first-order chi connectivity index (χ1) is 10.1. The summed E-state index contributed by atoms with van der Waals surface area (Å²) >= 11 is 1.38. The number of amides is 2. The minimum atomic E-state index is -0.553. The van der Waals surface area contributed by atoms with Gasteiger partial charge >= 0.3 is 6.03 Å². The van der Waals surface area contributed by atoms with E-state index in [0.717, 1.165) is 11.3 Å². The second-order valence-corrected chi connectivity index (χ2v) is 5.17. The van der Waals surface area contributed by atoms with Crippen molar-refractivity contribution in [3.8, 4) is 0 Å². The van der Waals surface area contributed by atoms with Crippen molar-refractivity contribution in [2.45, 2.75) is 6.92 Å². The Morgan fingerprint density at radius 1 is 1.10 bits per heavy atom. The number of nitrogens with zero attached hydrogens (tertiary/aromatic N) is 2. The molecule has 4 nitrogen and oxygen atoms in total. The van der Waals surface area contributed by atoms with E-state index in [9.17, 15) is 4.79 Å². The molecule has 2 rings (SSSR count). The van der Waals surface area contributed by atoms with Crippen LogP contribution in [0, 0.1) is 6.92 Å². The molecule has 0 saturated carbocycles. The Labute approximate surface area is 128 Å². The average Bonchev–Trinajstić information content (AvgIpc) is 2.49. The number of anilines is 1. The van der Waals surface area contributed by atoms with Gasteiger partial charge in [0.05, 0.1) is 11.4 Å². The van der Waals surface area contributed by atoms with Gasteiger partial charge in [0.2, 0.25) is 0 Å². The first-order valence-corrected chi connectivity index (χ1v) is 7.69. The summed E-state index contributed by atoms with van der Waals surface area (Å²) < 4.78 is 0. The summed E-state index contributed by atoms with van der Waals surface area (Å²) in [5.41, 5.74) is 8.10. The maximum Gasteiger partial charge on any atom is 0.325 e. The molecule has 0 aromatic heterocycles. The van der Waals surface area contributed by atoms with Crippen LogP contribution in [0.15, 0.2) is 59.6 Å². The number of aryl methyl sites for hydroxylation is 1. The standard InChI is InChI=1S/C16H17N3OS/c1-12-8-6-7-11-14(12)18-16(21-2)19(15(17)20)13-9-4-3-5-10-13/h3-11H,1-2H3,(H2,17,20). The van der Waals surface area contributed by atoms with E-state index in [2.05, 4.69) is 4.99 Å². The van der Waals surface area contributed by atoms with Gasteiger partial charge in [-0.15, -0.1) is 0 Å². The van der Waals surface area contributed by atoms with Gasteiger partial charge in [-0.2, -0.15) is 0 Å². The highest BCUT2D eigenvalue weighted by Gasteiger charge is 2.18. The van der Waals surface area contributed by atoms with Crippen molar-refractivity contribution in [1.82, 2.24) is 0 Å². The number of amidine groups is 1. The molecule has 0 aliphatic rings. The molecule has 0 saturated heterocycles. The van der Waals surface area contributed by atoms with Crippen LogP contribution in [-0.2, 0) is 0 Å². The molecule has 108 valence electrons. The number of carbonyl (C=O) groups is 1. The first kappa shape index (κ1) is 15.1. The minimum absolute atomic E-state index is 0.544. The van der Waals surface area contributed by atoms with Crippen LogP contribution in [0.5, 0.6) is 0 Å². The Balaban J connectivity index is 2.47. The first-order valence-electron chi connectivity index (χ1n) is 6.46. The van der Waals surface area contributed by atoms with Gasteiger partial charge in [-0.1, -0.05) is 48.2 Å². The van der Waals surface area contributed by atoms with E-state index in [4.69, 9.17) is 5.73 Å². The summed E-state index contributed by atoms with van der Waals surface area (Å²) in [5.74, 6) is 0. The van der Waals surface area contributed by atoms with Gasteiger partial charge < -0.3 is 5.73 Å². The van der Waals surface area contributed by atoms with Crippen molar-refractivity contribution in [2.24, 2.45) is 10.7 Å². The summed E-state index contributed by atoms with van der Waals surface area (Å²) in [4.78, 5) is 17.8. The third-order valence-electron chi connectivity index (χ3n) is 2.94. The Kier molecular flexibility index (Phi) is 5.00. The van der Waals surface area contributed by atoms with Crippen molar-refractivity contribution in [1.29, 1.82) is 0 Å². The van der Waals surface area contributed by atoms with Crippen LogP contribution in [0.25, 0.3) is 0 Å². The van der Waals surface area contributed by atoms with Crippen LogP contribution in [0.3, 0.4) is 0 Å². The molecule has 2 amide bonds. The highest BCUT2D eigenvalue weighted by molar-refractivity contribution is 8.13. The van der Waals surface area contributed by atoms with Crippen molar-refractivity contribution in [2.75, 3.05) is 11.2 Å². The summed E-state index contributed by atoms with van der Waals surface area (Å²) in [6.07, 6.45) is 1.87. The topological polar surface area (TPSA) is 58.7 Å². The van der Waals surface area contributed by atoms with Crippen molar-refractivity contribution in [3.63, 3.8) is 0 Å². The molecule has 0 atom stereocenters. The van der Waals surface area contributed by atoms with Gasteiger partial charge in [-0.05, 0) is 36.9 Å². The van der Waals surface area contributed by atoms with Crippen molar-refractivity contribution in [3.05, 3.63) is 60.2 Å². The number of nitrogens with two attached hydrogens (primary N) is 1. The Morgan fingerprint density at radius 3 is 2.29 bits per heavy atom. The molecule has 0 fully saturated rings. The molecule has 21 heavy (non-hydrogen) atoms. The van der Waals surface area contributed by atoms with Crippen molar-refractivity contribution < 1.29 is 4.79 Å². The molecule has 0 spiro atoms. The molecule has 0 heterocycles. The highest BCUT2D eigenvalue weighted by atomic mass is 32.2. The fourth-order valence-electron chi connectivity index (χ4n) is 1.89. The Hall–Kier alpha value is -2.27. The zero-order valence-electron chi connectivity index (χ0n) is 12.0. The smallest absolute Gasteiger partial charge is 0.325 e. The maximum atomic E-state index is 11.8. The van der Waals surface area contributed by atoms with Crippen molar-refractivity contribution >= 4 is 34.3 Å². The fraction of sp³-hybridized carbons (Fsp3) is 0.125. The van der Waals surface area contributed by atoms with Crippen LogP contribution in [-0.4, -0.2) is 17.5 Å². The molecule has 2 N–H and O–H groups in total. The Morgan fingerprint density at radius 2 is 1.71 bits per heavy atom. The van der Waals surface area contributed by atoms with Gasteiger partial charge in [0.15, 0.2) is 5.17 Å². The molecule has 0 aliphatic carbocycles. The van der Waals surface area contributed by atoms with E-state index in [1.54, 1.807) is 0 Å². The molecule has 0 unspecified atom stereocenters. The predicted molar refractivity (Wildman–Crippen MR) is 90.3 cm³/mol. The van der Waals surface area contributed by atoms with Gasteiger partial charge in [-0.25, -0.2) is 14.7 Å². The molecule has 0 aliphatic heterocycles. The second-order valence-electron chi connectivity index (χ2n) is 4.39. The lowest BCUT2D eigenvalue weighted by atomic mass is 10.2. The third-order valence-corrected chi connectivity index (χ3v) is 3.58. The number of urea groups is 1. The number of thioether (sulfide) groups is 1. The summed E-state index contributed by atoms with van der Waals surface area (Å²) in [7, 11) is 0. The Bertz CT molecular complexity index is 656. The highest BCUT2D eigenvalue weighted by Crippen LogP contribution is 2.23. The number of para-hydroxylation sites is 2. The molecule has 5 heteroatoms. The SMILES string of the molecule is CSC(=Nc1ccccc1C)N(C(N)=O)c1ccccc1. The van der Waals surface area contributed by atoms with E-state index < -0.39 is 6.03 Å². The van der Waals surface area contributed by atoms with Gasteiger partial charge in [0.1, 0.15) is 0 Å². The average molecular weight is 299 g/mol. The largest absolute Gasteiger partial charge is 0.351 e. The second kappa shape index (κ2) is 6.95. The van der Waals surface area contributed by atoms with E-state index in [-0.39, 0.29) is 0 Å². The minimum Gasteiger partial charge on any atom is -0.351 e. The van der Waals surface area contributed by atoms with E-state index >= 15 is 0 Å². The van der Waals surface area contributed by atoms with Crippen LogP contribution >= 0.6 is 11.8 Å². The lowest BCUT2D eigenvalue weighted by Crippen LogP contribution is -2.39. The monoisotopic (exact) mass is 299 g/mol. The number of aliphatic imine (C=N–C) groups is 1. The number of carbonyl (C=O) groups excluding carboxylic acids is 1. The fourth-order valence-corrected chi connectivity index (χ4v) is 2.46. The molecule has 0 radical (unpaired) electrons. The number of primary amides is 1. The molecule has 0 bridgehead atoms. The lowest BCUT2D eigenvalue weighted by molar-refractivity contribution is 0.256. The summed E-state index contributed by atoms with van der Waals surface area (Å²) in [6, 6.07) is 16.5. The van der Waals surface area contributed by atoms with Crippen LogP contribution in [0.2, 0.25) is 0 Å². The number of hydrogen-bond donors (Lipinski definition) is 1. The van der Waals surface area contributed by atoms with E-state index in [1.165, 1.54) is 16.7 Å². The molecule has 2 aromatic carbocycles. The maximum absolute atomic E-state index is 11.8. The zero-order valence-corrected chi connectivity index (χ0v) is 12.8. The number of hydrogen-bond acceptors (Lipinski definition) is 3. The van der Waals surface area contributed by atoms with Crippen LogP contribution in [0.1, 0.15) is 5.56 Å². The number of rotatable bonds is 2. The quantitative estimate of drug-likeness (QED) is 0.674. The van der Waals surface area contributed by atoms with Gasteiger partial charge in [0.25, 0.3) is 0 Å². The normalized spacial score (nSPS) is 11.2. The molecule has 2 aromatic rings. The number of benzene rings is 2. The summed E-state index contributed by atoms with van der Waals surface area (Å²) in [5, 5.41) is 0.544. The van der Waals surface area contributed by atoms with E-state index in [1.807, 2.05) is 67.8 Å². The molecular formula is C16H17N3OS. The van der Waals surface area contributed by atoms with Crippen LogP contribution < -0.4 is 10.6 Å². The zero-order chi connectivity index (χ0) is 15.2. The predicted octanol–water partition coefficient (Wildman–Crippen LogP) is 3.93. The van der Waals surface area contributed by atoms with Gasteiger partial charge in [0, 0.05) is 0 Å². The lowest BCUT2D eigenvalue weighted by Gasteiger charge is -2.21. The molecular weight excluding hydrogens is 282 g/mol. The van der Waals surface area contributed by atoms with Gasteiger partial charge in [-0.3, -0.25) is 0 Å². The summed E-state index contributed by atoms with van der Waals surface area (Å²) in [6.45, 7) is 1.98.